The standard InChI is InChI=1S/C19H22FN3O3S/c1-2-27(25,26)23-13-11-22(12-14-23)16-9-7-15(8-10-16)21-19(24)17-5-3-4-6-18(17)20/h3-10H,2,11-14H2,1H3,(H,21,24). The molecule has 0 unspecified atom stereocenters. The molecule has 1 heterocycles. The Bertz CT molecular complexity index is 908. The van der Waals surface area contributed by atoms with Crippen molar-refractivity contribution < 1.29 is 17.6 Å². The lowest BCUT2D eigenvalue weighted by Crippen LogP contribution is -2.49. The Morgan fingerprint density at radius 3 is 2.26 bits per heavy atom. The van der Waals surface area contributed by atoms with Gasteiger partial charge >= 0.3 is 0 Å². The van der Waals surface area contributed by atoms with Gasteiger partial charge in [-0.1, -0.05) is 12.1 Å². The molecule has 0 bridgehead atoms. The maximum atomic E-state index is 13.7. The molecule has 1 N–H and O–H groups in total. The molecule has 3 rings (SSSR count). The van der Waals surface area contributed by atoms with Crippen LogP contribution >= 0.6 is 0 Å². The number of anilines is 2. The molecule has 8 heteroatoms. The van der Waals surface area contributed by atoms with Crippen molar-refractivity contribution >= 4 is 27.3 Å². The minimum atomic E-state index is -3.15. The van der Waals surface area contributed by atoms with Gasteiger partial charge in [-0.05, 0) is 43.3 Å². The van der Waals surface area contributed by atoms with E-state index in [9.17, 15) is 17.6 Å². The minimum Gasteiger partial charge on any atom is -0.369 e. The van der Waals surface area contributed by atoms with Gasteiger partial charge in [0.2, 0.25) is 10.0 Å². The van der Waals surface area contributed by atoms with Crippen molar-refractivity contribution in [2.24, 2.45) is 0 Å². The van der Waals surface area contributed by atoms with Gasteiger partial charge in [0, 0.05) is 37.6 Å². The number of piperazine rings is 1. The number of carbonyl (C=O) groups is 1. The lowest BCUT2D eigenvalue weighted by molar-refractivity contribution is 0.102. The van der Waals surface area contributed by atoms with Crippen molar-refractivity contribution in [2.45, 2.75) is 6.92 Å². The summed E-state index contributed by atoms with van der Waals surface area (Å²) in [6.45, 7) is 3.79. The number of sulfonamides is 1. The molecule has 1 fully saturated rings. The second-order valence-electron chi connectivity index (χ2n) is 6.27. The van der Waals surface area contributed by atoms with Crippen molar-refractivity contribution in [3.63, 3.8) is 0 Å². The average molecular weight is 391 g/mol. The molecule has 1 amide bonds. The van der Waals surface area contributed by atoms with Crippen LogP contribution < -0.4 is 10.2 Å². The first-order valence-corrected chi connectivity index (χ1v) is 10.4. The average Bonchev–Trinajstić information content (AvgIpc) is 2.69. The molecule has 2 aromatic carbocycles. The summed E-state index contributed by atoms with van der Waals surface area (Å²) >= 11 is 0. The van der Waals surface area contributed by atoms with Crippen molar-refractivity contribution in [2.75, 3.05) is 42.1 Å². The monoisotopic (exact) mass is 391 g/mol. The summed E-state index contributed by atoms with van der Waals surface area (Å²) in [7, 11) is -3.15. The predicted molar refractivity (Wildman–Crippen MR) is 104 cm³/mol. The molecule has 144 valence electrons. The van der Waals surface area contributed by atoms with Crippen LogP contribution in [0, 0.1) is 5.82 Å². The van der Waals surface area contributed by atoms with E-state index in [1.54, 1.807) is 25.1 Å². The van der Waals surface area contributed by atoms with Crippen LogP contribution in [-0.2, 0) is 10.0 Å². The Morgan fingerprint density at radius 1 is 1.04 bits per heavy atom. The molecule has 1 saturated heterocycles. The fourth-order valence-electron chi connectivity index (χ4n) is 3.01. The third kappa shape index (κ3) is 4.45. The number of halogens is 1. The zero-order chi connectivity index (χ0) is 19.4. The molecule has 1 aliphatic heterocycles. The van der Waals surface area contributed by atoms with E-state index < -0.39 is 21.7 Å². The van der Waals surface area contributed by atoms with E-state index in [1.165, 1.54) is 22.5 Å². The van der Waals surface area contributed by atoms with Gasteiger partial charge in [-0.3, -0.25) is 4.79 Å². The zero-order valence-electron chi connectivity index (χ0n) is 15.1. The second kappa shape index (κ2) is 8.06. The molecular weight excluding hydrogens is 369 g/mol. The molecule has 0 atom stereocenters. The van der Waals surface area contributed by atoms with Crippen LogP contribution in [0.25, 0.3) is 0 Å². The number of hydrogen-bond acceptors (Lipinski definition) is 4. The maximum absolute atomic E-state index is 13.7. The van der Waals surface area contributed by atoms with E-state index in [1.807, 2.05) is 12.1 Å². The topological polar surface area (TPSA) is 69.7 Å². The number of carbonyl (C=O) groups excluding carboxylic acids is 1. The Balaban J connectivity index is 1.61. The molecule has 0 aromatic heterocycles. The van der Waals surface area contributed by atoms with Gasteiger partial charge in [-0.15, -0.1) is 0 Å². The van der Waals surface area contributed by atoms with Gasteiger partial charge in [0.15, 0.2) is 0 Å². The van der Waals surface area contributed by atoms with Crippen molar-refractivity contribution in [1.82, 2.24) is 4.31 Å². The van der Waals surface area contributed by atoms with Crippen LogP contribution in [-0.4, -0.2) is 50.6 Å². The summed E-state index contributed by atoms with van der Waals surface area (Å²) < 4.78 is 39.0. The fraction of sp³-hybridized carbons (Fsp3) is 0.316. The van der Waals surface area contributed by atoms with Crippen LogP contribution in [0.5, 0.6) is 0 Å². The van der Waals surface area contributed by atoms with E-state index in [-0.39, 0.29) is 11.3 Å². The first kappa shape index (κ1) is 19.3. The number of amides is 1. The summed E-state index contributed by atoms with van der Waals surface area (Å²) in [5, 5.41) is 2.68. The van der Waals surface area contributed by atoms with Crippen molar-refractivity contribution in [3.8, 4) is 0 Å². The molecule has 27 heavy (non-hydrogen) atoms. The summed E-state index contributed by atoms with van der Waals surface area (Å²) in [6, 6.07) is 13.1. The molecule has 0 radical (unpaired) electrons. The maximum Gasteiger partial charge on any atom is 0.258 e. The SMILES string of the molecule is CCS(=O)(=O)N1CCN(c2ccc(NC(=O)c3ccccc3F)cc2)CC1. The van der Waals surface area contributed by atoms with Crippen LogP contribution in [0.15, 0.2) is 48.5 Å². The highest BCUT2D eigenvalue weighted by Gasteiger charge is 2.25. The summed E-state index contributed by atoms with van der Waals surface area (Å²) in [4.78, 5) is 14.3. The van der Waals surface area contributed by atoms with Crippen LogP contribution in [0.4, 0.5) is 15.8 Å². The third-order valence-electron chi connectivity index (χ3n) is 4.61. The van der Waals surface area contributed by atoms with Crippen LogP contribution in [0.3, 0.4) is 0 Å². The molecule has 0 saturated carbocycles. The van der Waals surface area contributed by atoms with E-state index >= 15 is 0 Å². The number of nitrogens with zero attached hydrogens (tertiary/aromatic N) is 2. The van der Waals surface area contributed by atoms with Gasteiger partial charge in [-0.2, -0.15) is 4.31 Å². The Hall–Kier alpha value is -2.45. The van der Waals surface area contributed by atoms with E-state index in [4.69, 9.17) is 0 Å². The normalized spacial score (nSPS) is 15.6. The smallest absolute Gasteiger partial charge is 0.258 e. The summed E-state index contributed by atoms with van der Waals surface area (Å²) in [5.74, 6) is -0.950. The lowest BCUT2D eigenvalue weighted by atomic mass is 10.2. The Kier molecular flexibility index (Phi) is 5.76. The molecular formula is C19H22FN3O3S. The molecule has 0 spiro atoms. The molecule has 0 aliphatic carbocycles. The third-order valence-corrected chi connectivity index (χ3v) is 6.49. The van der Waals surface area contributed by atoms with Gasteiger partial charge < -0.3 is 10.2 Å². The second-order valence-corrected chi connectivity index (χ2v) is 8.53. The number of rotatable bonds is 5. The summed E-state index contributed by atoms with van der Waals surface area (Å²) in [5.41, 5.74) is 1.52. The van der Waals surface area contributed by atoms with E-state index in [0.29, 0.717) is 31.9 Å². The van der Waals surface area contributed by atoms with E-state index in [2.05, 4.69) is 10.2 Å². The lowest BCUT2D eigenvalue weighted by Gasteiger charge is -2.35. The first-order chi connectivity index (χ1) is 12.9. The quantitative estimate of drug-likeness (QED) is 0.851. The zero-order valence-corrected chi connectivity index (χ0v) is 15.9. The minimum absolute atomic E-state index is 0.00479. The Morgan fingerprint density at radius 2 is 1.67 bits per heavy atom. The predicted octanol–water partition coefficient (Wildman–Crippen LogP) is 2.55. The van der Waals surface area contributed by atoms with Gasteiger partial charge in [0.05, 0.1) is 11.3 Å². The van der Waals surface area contributed by atoms with Crippen LogP contribution in [0.1, 0.15) is 17.3 Å². The largest absolute Gasteiger partial charge is 0.369 e. The van der Waals surface area contributed by atoms with Crippen molar-refractivity contribution in [1.29, 1.82) is 0 Å². The van der Waals surface area contributed by atoms with Crippen molar-refractivity contribution in [3.05, 3.63) is 59.9 Å². The first-order valence-electron chi connectivity index (χ1n) is 8.79. The molecule has 1 aliphatic rings. The highest BCUT2D eigenvalue weighted by Crippen LogP contribution is 2.21. The van der Waals surface area contributed by atoms with E-state index in [0.717, 1.165) is 5.69 Å². The number of hydrogen-bond donors (Lipinski definition) is 1. The number of nitrogens with one attached hydrogen (secondary N) is 1. The highest BCUT2D eigenvalue weighted by atomic mass is 32.2. The summed E-state index contributed by atoms with van der Waals surface area (Å²) in [6.07, 6.45) is 0. The number of benzene rings is 2. The van der Waals surface area contributed by atoms with Gasteiger partial charge in [0.25, 0.3) is 5.91 Å². The molecule has 6 nitrogen and oxygen atoms in total. The van der Waals surface area contributed by atoms with Gasteiger partial charge in [-0.25, -0.2) is 12.8 Å². The molecule has 2 aromatic rings. The van der Waals surface area contributed by atoms with Gasteiger partial charge in [0.1, 0.15) is 5.82 Å². The Labute approximate surface area is 158 Å². The highest BCUT2D eigenvalue weighted by molar-refractivity contribution is 7.89. The van der Waals surface area contributed by atoms with Crippen LogP contribution in [0.2, 0.25) is 0 Å². The fourth-order valence-corrected chi connectivity index (χ4v) is 4.09.